The summed E-state index contributed by atoms with van der Waals surface area (Å²) >= 11 is 7.08. The summed E-state index contributed by atoms with van der Waals surface area (Å²) in [6.07, 6.45) is 4.40. The molecule has 1 aliphatic rings. The molecular formula is C14H20ClN3O2S. The fourth-order valence-corrected chi connectivity index (χ4v) is 3.77. The van der Waals surface area contributed by atoms with Crippen molar-refractivity contribution < 1.29 is 10.0 Å². The third kappa shape index (κ3) is 3.49. The van der Waals surface area contributed by atoms with Crippen LogP contribution in [-0.2, 0) is 0 Å². The van der Waals surface area contributed by atoms with Crippen LogP contribution in [0.1, 0.15) is 48.7 Å². The lowest BCUT2D eigenvalue weighted by Crippen LogP contribution is -2.59. The monoisotopic (exact) mass is 329 g/mol. The molecule has 1 saturated carbocycles. The Labute approximate surface area is 133 Å². The number of nitrogens with two attached hydrogens (primary N) is 1. The van der Waals surface area contributed by atoms with Gasteiger partial charge in [0.25, 0.3) is 5.91 Å². The first-order valence-electron chi connectivity index (χ1n) is 7.06. The van der Waals surface area contributed by atoms with Crippen LogP contribution in [0, 0.1) is 5.92 Å². The van der Waals surface area contributed by atoms with E-state index in [-0.39, 0.29) is 11.7 Å². The zero-order chi connectivity index (χ0) is 15.5. The molecule has 0 spiro atoms. The molecule has 1 fully saturated rings. The van der Waals surface area contributed by atoms with E-state index >= 15 is 0 Å². The minimum atomic E-state index is -0.756. The normalized spacial score (nSPS) is 26.6. The van der Waals surface area contributed by atoms with Crippen molar-refractivity contribution in [3.8, 4) is 0 Å². The van der Waals surface area contributed by atoms with Gasteiger partial charge in [-0.05, 0) is 43.7 Å². The van der Waals surface area contributed by atoms with Crippen molar-refractivity contribution >= 4 is 34.7 Å². The van der Waals surface area contributed by atoms with Crippen LogP contribution in [0.25, 0.3) is 0 Å². The maximum Gasteiger partial charge on any atom is 0.262 e. The highest BCUT2D eigenvalue weighted by Crippen LogP contribution is 2.34. The molecule has 7 heteroatoms. The molecule has 0 atom stereocenters. The summed E-state index contributed by atoms with van der Waals surface area (Å²) in [4.78, 5) is 12.9. The van der Waals surface area contributed by atoms with E-state index in [2.05, 4.69) is 17.4 Å². The van der Waals surface area contributed by atoms with E-state index < -0.39 is 5.54 Å². The van der Waals surface area contributed by atoms with Gasteiger partial charge >= 0.3 is 0 Å². The Morgan fingerprint density at radius 2 is 2.24 bits per heavy atom. The van der Waals surface area contributed by atoms with Gasteiger partial charge in [0.15, 0.2) is 5.84 Å². The van der Waals surface area contributed by atoms with Crippen molar-refractivity contribution in [3.63, 3.8) is 0 Å². The predicted octanol–water partition coefficient (Wildman–Crippen LogP) is 3.22. The largest absolute Gasteiger partial charge is 0.409 e. The van der Waals surface area contributed by atoms with Gasteiger partial charge < -0.3 is 16.3 Å². The van der Waals surface area contributed by atoms with Crippen LogP contribution >= 0.6 is 22.9 Å². The van der Waals surface area contributed by atoms with Crippen molar-refractivity contribution in [2.75, 3.05) is 0 Å². The number of amides is 1. The lowest BCUT2D eigenvalue weighted by Gasteiger charge is -2.39. The lowest BCUT2D eigenvalue weighted by molar-refractivity contribution is 0.0899. The quantitative estimate of drug-likeness (QED) is 0.343. The maximum absolute atomic E-state index is 12.4. The van der Waals surface area contributed by atoms with E-state index in [1.807, 2.05) is 0 Å². The second-order valence-corrected chi connectivity index (χ2v) is 7.19. The number of amidine groups is 1. The van der Waals surface area contributed by atoms with Crippen LogP contribution in [0.5, 0.6) is 0 Å². The highest BCUT2D eigenvalue weighted by molar-refractivity contribution is 7.18. The number of oxime groups is 1. The van der Waals surface area contributed by atoms with Gasteiger partial charge in [-0.3, -0.25) is 4.79 Å². The molecule has 0 aliphatic heterocycles. The van der Waals surface area contributed by atoms with Gasteiger partial charge in [0.2, 0.25) is 0 Å². The van der Waals surface area contributed by atoms with Gasteiger partial charge in [-0.25, -0.2) is 0 Å². The van der Waals surface area contributed by atoms with Gasteiger partial charge in [-0.1, -0.05) is 30.1 Å². The van der Waals surface area contributed by atoms with Crippen molar-refractivity contribution in [2.45, 2.75) is 44.6 Å². The molecule has 0 aromatic carbocycles. The zero-order valence-electron chi connectivity index (χ0n) is 11.9. The molecular weight excluding hydrogens is 310 g/mol. The fraction of sp³-hybridized carbons (Fsp3) is 0.571. The molecule has 0 saturated heterocycles. The minimum Gasteiger partial charge on any atom is -0.409 e. The highest BCUT2D eigenvalue weighted by atomic mass is 35.5. The topological polar surface area (TPSA) is 87.7 Å². The summed E-state index contributed by atoms with van der Waals surface area (Å²) in [7, 11) is 0. The zero-order valence-corrected chi connectivity index (χ0v) is 13.5. The molecule has 21 heavy (non-hydrogen) atoms. The molecule has 0 unspecified atom stereocenters. The maximum atomic E-state index is 12.4. The number of thiophene rings is 1. The predicted molar refractivity (Wildman–Crippen MR) is 85.2 cm³/mol. The Bertz CT molecular complexity index is 536. The van der Waals surface area contributed by atoms with Crippen molar-refractivity contribution in [1.82, 2.24) is 5.32 Å². The fourth-order valence-electron chi connectivity index (χ4n) is 2.83. The van der Waals surface area contributed by atoms with Crippen LogP contribution < -0.4 is 11.1 Å². The average Bonchev–Trinajstić information content (AvgIpc) is 2.93. The molecule has 0 bridgehead atoms. The number of nitrogens with zero attached hydrogens (tertiary/aromatic N) is 1. The second kappa shape index (κ2) is 6.66. The van der Waals surface area contributed by atoms with Crippen molar-refractivity contribution in [2.24, 2.45) is 16.8 Å². The summed E-state index contributed by atoms with van der Waals surface area (Å²) in [5, 5.41) is 15.2. The Kier molecular flexibility index (Phi) is 5.11. The van der Waals surface area contributed by atoms with Crippen LogP contribution in [0.4, 0.5) is 0 Å². The molecule has 1 amide bonds. The Hall–Kier alpha value is -1.27. The van der Waals surface area contributed by atoms with Gasteiger partial charge in [-0.2, -0.15) is 0 Å². The third-order valence-corrected chi connectivity index (χ3v) is 5.51. The molecule has 2 rings (SSSR count). The number of halogens is 1. The second-order valence-electron chi connectivity index (χ2n) is 5.48. The van der Waals surface area contributed by atoms with E-state index in [1.165, 1.54) is 11.3 Å². The standard InChI is InChI=1S/C14H20ClN3O2S/c1-2-9-5-7-14(8-6-9,13(16)18-20)17-12(19)10-3-4-11(15)21-10/h3-4,9,20H,2,5-8H2,1H3,(H2,16,18)(H,17,19). The molecule has 116 valence electrons. The molecule has 5 nitrogen and oxygen atoms in total. The third-order valence-electron chi connectivity index (χ3n) is 4.28. The smallest absolute Gasteiger partial charge is 0.262 e. The molecule has 0 radical (unpaired) electrons. The van der Waals surface area contributed by atoms with Gasteiger partial charge in [-0.15, -0.1) is 11.3 Å². The minimum absolute atomic E-state index is 0.0769. The van der Waals surface area contributed by atoms with Gasteiger partial charge in [0.1, 0.15) is 5.54 Å². The van der Waals surface area contributed by atoms with E-state index in [9.17, 15) is 4.79 Å². The summed E-state index contributed by atoms with van der Waals surface area (Å²) in [6, 6.07) is 3.37. The lowest BCUT2D eigenvalue weighted by atomic mass is 9.75. The Morgan fingerprint density at radius 3 is 2.71 bits per heavy atom. The van der Waals surface area contributed by atoms with E-state index in [0.717, 1.165) is 19.3 Å². The van der Waals surface area contributed by atoms with E-state index in [1.54, 1.807) is 12.1 Å². The Balaban J connectivity index is 2.16. The highest BCUT2D eigenvalue weighted by Gasteiger charge is 2.40. The number of hydrogen-bond donors (Lipinski definition) is 3. The molecule has 1 aliphatic carbocycles. The van der Waals surface area contributed by atoms with E-state index in [0.29, 0.717) is 28.0 Å². The number of carbonyl (C=O) groups excluding carboxylic acids is 1. The van der Waals surface area contributed by atoms with Crippen molar-refractivity contribution in [1.29, 1.82) is 0 Å². The van der Waals surface area contributed by atoms with Crippen LogP contribution in [-0.4, -0.2) is 22.5 Å². The molecule has 4 N–H and O–H groups in total. The summed E-state index contributed by atoms with van der Waals surface area (Å²) in [5.41, 5.74) is 5.11. The van der Waals surface area contributed by atoms with Crippen LogP contribution in [0.3, 0.4) is 0 Å². The molecule has 1 aromatic heterocycles. The molecule has 1 heterocycles. The number of nitrogens with one attached hydrogen (secondary N) is 1. The first kappa shape index (κ1) is 16.1. The Morgan fingerprint density at radius 1 is 1.57 bits per heavy atom. The number of rotatable bonds is 4. The van der Waals surface area contributed by atoms with Crippen LogP contribution in [0.15, 0.2) is 17.3 Å². The SMILES string of the molecule is CCC1CCC(NC(=O)c2ccc(Cl)s2)(C(N)=NO)CC1. The van der Waals surface area contributed by atoms with Gasteiger partial charge in [0.05, 0.1) is 9.21 Å². The number of hydrogen-bond acceptors (Lipinski definition) is 4. The summed E-state index contributed by atoms with van der Waals surface area (Å²) < 4.78 is 0.563. The van der Waals surface area contributed by atoms with E-state index in [4.69, 9.17) is 22.5 Å². The van der Waals surface area contributed by atoms with Gasteiger partial charge in [0, 0.05) is 0 Å². The number of carbonyl (C=O) groups is 1. The first-order chi connectivity index (χ1) is 10.0. The summed E-state index contributed by atoms with van der Waals surface area (Å²) in [5.74, 6) is 0.485. The average molecular weight is 330 g/mol. The van der Waals surface area contributed by atoms with Crippen LogP contribution in [0.2, 0.25) is 4.34 Å². The summed E-state index contributed by atoms with van der Waals surface area (Å²) in [6.45, 7) is 2.16. The first-order valence-corrected chi connectivity index (χ1v) is 8.26. The molecule has 1 aromatic rings. The van der Waals surface area contributed by atoms with Crippen molar-refractivity contribution in [3.05, 3.63) is 21.3 Å².